The van der Waals surface area contributed by atoms with E-state index < -0.39 is 5.60 Å². The van der Waals surface area contributed by atoms with Gasteiger partial charge in [0.05, 0.1) is 5.60 Å². The maximum absolute atomic E-state index is 12.8. The van der Waals surface area contributed by atoms with E-state index in [2.05, 4.69) is 4.90 Å². The first-order chi connectivity index (χ1) is 9.97. The third kappa shape index (κ3) is 5.26. The highest BCUT2D eigenvalue weighted by Gasteiger charge is 2.33. The average molecular weight is 296 g/mol. The molecule has 0 amide bonds. The Morgan fingerprint density at radius 2 is 2.05 bits per heavy atom. The van der Waals surface area contributed by atoms with Crippen molar-refractivity contribution in [2.45, 2.75) is 18.4 Å². The van der Waals surface area contributed by atoms with Gasteiger partial charge in [0.15, 0.2) is 0 Å². The Labute approximate surface area is 126 Å². The molecule has 1 N–H and O–H groups in total. The minimum absolute atomic E-state index is 0.257. The minimum atomic E-state index is -0.627. The Bertz CT molecular complexity index is 438. The number of likely N-dealkylation sites (N-methyl/N-ethyl adjacent to an activating group) is 1. The van der Waals surface area contributed by atoms with Gasteiger partial charge in [0, 0.05) is 19.6 Å². The second-order valence-electron chi connectivity index (χ2n) is 6.14. The van der Waals surface area contributed by atoms with Crippen LogP contribution in [0.4, 0.5) is 4.39 Å². The number of nitrogens with zero attached hydrogens (tertiary/aromatic N) is 2. The predicted molar refractivity (Wildman–Crippen MR) is 81.1 cm³/mol. The lowest BCUT2D eigenvalue weighted by Crippen LogP contribution is -2.53. The molecule has 1 unspecified atom stereocenters. The van der Waals surface area contributed by atoms with Crippen LogP contribution >= 0.6 is 0 Å². The summed E-state index contributed by atoms with van der Waals surface area (Å²) in [5.41, 5.74) is -0.627. The highest BCUT2D eigenvalue weighted by Crippen LogP contribution is 2.21. The highest BCUT2D eigenvalue weighted by atomic mass is 19.1. The van der Waals surface area contributed by atoms with Gasteiger partial charge in [-0.15, -0.1) is 0 Å². The summed E-state index contributed by atoms with van der Waals surface area (Å²) >= 11 is 0. The molecule has 1 aliphatic rings. The van der Waals surface area contributed by atoms with Crippen molar-refractivity contribution in [3.63, 3.8) is 0 Å². The normalized spacial score (nSPS) is 23.5. The first-order valence-corrected chi connectivity index (χ1v) is 7.45. The van der Waals surface area contributed by atoms with Crippen LogP contribution in [0.25, 0.3) is 0 Å². The van der Waals surface area contributed by atoms with Crippen LogP contribution in [0.2, 0.25) is 0 Å². The summed E-state index contributed by atoms with van der Waals surface area (Å²) in [4.78, 5) is 4.26. The number of halogens is 1. The van der Waals surface area contributed by atoms with E-state index in [-0.39, 0.29) is 5.82 Å². The predicted octanol–water partition coefficient (Wildman–Crippen LogP) is 1.59. The largest absolute Gasteiger partial charge is 0.492 e. The maximum atomic E-state index is 12.8. The van der Waals surface area contributed by atoms with Crippen LogP contribution in [0.1, 0.15) is 12.8 Å². The number of ether oxygens (including phenoxy) is 1. The molecular formula is C16H25FN2O2. The monoisotopic (exact) mass is 296 g/mol. The van der Waals surface area contributed by atoms with E-state index >= 15 is 0 Å². The molecular weight excluding hydrogens is 271 g/mol. The summed E-state index contributed by atoms with van der Waals surface area (Å²) in [5, 5.41) is 10.6. The molecule has 1 aromatic rings. The maximum Gasteiger partial charge on any atom is 0.123 e. The van der Waals surface area contributed by atoms with Crippen molar-refractivity contribution in [1.29, 1.82) is 0 Å². The van der Waals surface area contributed by atoms with Crippen molar-refractivity contribution >= 4 is 0 Å². The molecule has 1 atom stereocenters. The van der Waals surface area contributed by atoms with Crippen molar-refractivity contribution in [1.82, 2.24) is 9.80 Å². The number of hydrogen-bond acceptors (Lipinski definition) is 4. The third-order valence-electron chi connectivity index (χ3n) is 3.73. The summed E-state index contributed by atoms with van der Waals surface area (Å²) in [5.74, 6) is 0.420. The standard InChI is InChI=1S/C16H25FN2O2/c1-18(2)12-16(20)8-3-9-19(13-16)10-11-21-15-6-4-14(17)5-7-15/h4-7,20H,3,8-13H2,1-2H3. The number of β-amino-alcohol motifs (C(OH)–C–C–N with tert-alkyl or cyclic N) is 1. The minimum Gasteiger partial charge on any atom is -0.492 e. The quantitative estimate of drug-likeness (QED) is 0.865. The first-order valence-electron chi connectivity index (χ1n) is 7.45. The molecule has 1 aliphatic heterocycles. The average Bonchev–Trinajstić information content (AvgIpc) is 2.40. The molecule has 1 heterocycles. The van der Waals surface area contributed by atoms with Gasteiger partial charge in [0.1, 0.15) is 18.2 Å². The molecule has 1 aromatic carbocycles. The van der Waals surface area contributed by atoms with Crippen LogP contribution in [-0.2, 0) is 0 Å². The van der Waals surface area contributed by atoms with Crippen LogP contribution in [-0.4, -0.2) is 67.4 Å². The van der Waals surface area contributed by atoms with Gasteiger partial charge in [0.25, 0.3) is 0 Å². The molecule has 21 heavy (non-hydrogen) atoms. The van der Waals surface area contributed by atoms with Crippen molar-refractivity contribution in [3.05, 3.63) is 30.1 Å². The van der Waals surface area contributed by atoms with Gasteiger partial charge in [-0.1, -0.05) is 0 Å². The van der Waals surface area contributed by atoms with Crippen LogP contribution in [0.5, 0.6) is 5.75 Å². The Morgan fingerprint density at radius 3 is 2.71 bits per heavy atom. The van der Waals surface area contributed by atoms with Crippen LogP contribution < -0.4 is 4.74 Å². The second-order valence-corrected chi connectivity index (χ2v) is 6.14. The van der Waals surface area contributed by atoms with E-state index in [0.29, 0.717) is 25.4 Å². The fourth-order valence-corrected chi connectivity index (χ4v) is 2.94. The van der Waals surface area contributed by atoms with Crippen molar-refractivity contribution in [2.75, 3.05) is 46.9 Å². The van der Waals surface area contributed by atoms with E-state index in [0.717, 1.165) is 25.9 Å². The van der Waals surface area contributed by atoms with Crippen LogP contribution in [0.15, 0.2) is 24.3 Å². The molecule has 0 bridgehead atoms. The molecule has 0 aromatic heterocycles. The summed E-state index contributed by atoms with van der Waals surface area (Å²) in [7, 11) is 3.96. The van der Waals surface area contributed by atoms with Gasteiger partial charge in [0.2, 0.25) is 0 Å². The number of aliphatic hydroxyl groups is 1. The smallest absolute Gasteiger partial charge is 0.123 e. The van der Waals surface area contributed by atoms with Crippen molar-refractivity contribution in [3.8, 4) is 5.75 Å². The Hall–Kier alpha value is -1.17. The number of likely N-dealkylation sites (tertiary alicyclic amines) is 1. The van der Waals surface area contributed by atoms with E-state index in [4.69, 9.17) is 4.74 Å². The van der Waals surface area contributed by atoms with E-state index in [9.17, 15) is 9.50 Å². The van der Waals surface area contributed by atoms with E-state index in [1.165, 1.54) is 12.1 Å². The lowest BCUT2D eigenvalue weighted by atomic mass is 9.92. The van der Waals surface area contributed by atoms with Crippen molar-refractivity contribution < 1.29 is 14.2 Å². The lowest BCUT2D eigenvalue weighted by molar-refractivity contribution is -0.0477. The summed E-state index contributed by atoms with van der Waals surface area (Å²) in [6.45, 7) is 3.67. The zero-order valence-corrected chi connectivity index (χ0v) is 12.9. The lowest BCUT2D eigenvalue weighted by Gasteiger charge is -2.40. The molecule has 1 fully saturated rings. The molecule has 118 valence electrons. The van der Waals surface area contributed by atoms with Gasteiger partial charge in [-0.05, 0) is 57.7 Å². The second kappa shape index (κ2) is 7.20. The molecule has 5 heteroatoms. The van der Waals surface area contributed by atoms with E-state index in [1.807, 2.05) is 19.0 Å². The topological polar surface area (TPSA) is 35.9 Å². The van der Waals surface area contributed by atoms with Crippen molar-refractivity contribution in [2.24, 2.45) is 0 Å². The van der Waals surface area contributed by atoms with Gasteiger partial charge in [-0.2, -0.15) is 0 Å². The number of rotatable bonds is 6. The molecule has 0 aliphatic carbocycles. The van der Waals surface area contributed by atoms with Gasteiger partial charge >= 0.3 is 0 Å². The summed E-state index contributed by atoms with van der Waals surface area (Å²) in [6.07, 6.45) is 1.85. The number of piperidine rings is 1. The SMILES string of the molecule is CN(C)CC1(O)CCCN(CCOc2ccc(F)cc2)C1. The fourth-order valence-electron chi connectivity index (χ4n) is 2.94. The summed E-state index contributed by atoms with van der Waals surface area (Å²) < 4.78 is 18.4. The molecule has 0 saturated carbocycles. The Morgan fingerprint density at radius 1 is 1.33 bits per heavy atom. The zero-order chi connectivity index (χ0) is 15.3. The Kier molecular flexibility index (Phi) is 5.56. The third-order valence-corrected chi connectivity index (χ3v) is 3.73. The molecule has 0 radical (unpaired) electrons. The zero-order valence-electron chi connectivity index (χ0n) is 12.9. The number of benzene rings is 1. The van der Waals surface area contributed by atoms with Crippen LogP contribution in [0.3, 0.4) is 0 Å². The van der Waals surface area contributed by atoms with Crippen LogP contribution in [0, 0.1) is 5.82 Å². The summed E-state index contributed by atoms with van der Waals surface area (Å²) in [6, 6.07) is 6.06. The van der Waals surface area contributed by atoms with Gasteiger partial charge < -0.3 is 14.7 Å². The highest BCUT2D eigenvalue weighted by molar-refractivity contribution is 5.21. The fraction of sp³-hybridized carbons (Fsp3) is 0.625. The molecule has 1 saturated heterocycles. The Balaban J connectivity index is 1.76. The van der Waals surface area contributed by atoms with E-state index in [1.54, 1.807) is 12.1 Å². The molecule has 2 rings (SSSR count). The van der Waals surface area contributed by atoms with Gasteiger partial charge in [-0.25, -0.2) is 4.39 Å². The molecule has 4 nitrogen and oxygen atoms in total. The molecule has 0 spiro atoms. The number of hydrogen-bond donors (Lipinski definition) is 1. The van der Waals surface area contributed by atoms with Gasteiger partial charge in [-0.3, -0.25) is 4.90 Å². The first kappa shape index (κ1) is 16.2.